The minimum Gasteiger partial charge on any atom is -0.469 e. The summed E-state index contributed by atoms with van der Waals surface area (Å²) >= 11 is 6.22. The maximum Gasteiger partial charge on any atom is 0.305 e. The summed E-state index contributed by atoms with van der Waals surface area (Å²) in [5, 5.41) is 0.620. The monoisotopic (exact) mass is 502 g/mol. The van der Waals surface area contributed by atoms with Gasteiger partial charge in [-0.15, -0.1) is 0 Å². The summed E-state index contributed by atoms with van der Waals surface area (Å²) in [6.45, 7) is 2.32. The van der Waals surface area contributed by atoms with E-state index in [1.807, 2.05) is 90.4 Å². The molecule has 1 amide bonds. The molecule has 0 saturated carbocycles. The van der Waals surface area contributed by atoms with Crippen molar-refractivity contribution in [1.82, 2.24) is 4.57 Å². The molecule has 0 saturated heterocycles. The van der Waals surface area contributed by atoms with E-state index in [-0.39, 0.29) is 12.4 Å². The number of hydrogen-bond acceptors (Lipinski definition) is 4. The largest absolute Gasteiger partial charge is 0.469 e. The van der Waals surface area contributed by atoms with Crippen LogP contribution in [0.25, 0.3) is 11.1 Å². The predicted octanol–water partition coefficient (Wildman–Crippen LogP) is 6.16. The van der Waals surface area contributed by atoms with Gasteiger partial charge in [0.2, 0.25) is 0 Å². The van der Waals surface area contributed by atoms with E-state index in [9.17, 15) is 9.59 Å². The first-order valence-corrected chi connectivity index (χ1v) is 11.9. The Bertz CT molecular complexity index is 1400. The highest BCUT2D eigenvalue weighted by Gasteiger charge is 2.25. The SMILES string of the molecule is COC(=O)CCc1c(-c2cccc(Oc3ccccc3)c2)c(C(N)=O)c(C)n1Cc1cccc(Cl)c1. The third-order valence-corrected chi connectivity index (χ3v) is 6.24. The van der Waals surface area contributed by atoms with E-state index in [0.29, 0.717) is 46.3 Å². The standard InChI is InChI=1S/C29H27ClN2O4/c1-19-27(29(31)34)28(21-9-7-13-24(17-21)36-23-11-4-3-5-12-23)25(14-15-26(33)35-2)32(19)18-20-8-6-10-22(30)16-20/h3-13,16-17H,14-15,18H2,1-2H3,(H2,31,34). The zero-order valence-electron chi connectivity index (χ0n) is 20.2. The van der Waals surface area contributed by atoms with Crippen LogP contribution in [0.15, 0.2) is 78.9 Å². The molecule has 0 aliphatic carbocycles. The van der Waals surface area contributed by atoms with Gasteiger partial charge in [0.05, 0.1) is 19.1 Å². The first-order chi connectivity index (χ1) is 17.4. The van der Waals surface area contributed by atoms with Gasteiger partial charge in [-0.2, -0.15) is 0 Å². The Balaban J connectivity index is 1.85. The first-order valence-electron chi connectivity index (χ1n) is 11.5. The van der Waals surface area contributed by atoms with E-state index in [1.165, 1.54) is 7.11 Å². The number of nitrogens with two attached hydrogens (primary N) is 1. The van der Waals surface area contributed by atoms with Crippen molar-refractivity contribution in [3.05, 3.63) is 106 Å². The van der Waals surface area contributed by atoms with E-state index < -0.39 is 5.91 Å². The van der Waals surface area contributed by atoms with Gasteiger partial charge in [-0.05, 0) is 60.9 Å². The van der Waals surface area contributed by atoms with Crippen LogP contribution in [0.5, 0.6) is 11.5 Å². The number of methoxy groups -OCH3 is 1. The molecule has 4 rings (SSSR count). The molecule has 0 aliphatic heterocycles. The Morgan fingerprint density at radius 2 is 1.67 bits per heavy atom. The lowest BCUT2D eigenvalue weighted by molar-refractivity contribution is -0.140. The van der Waals surface area contributed by atoms with Crippen molar-refractivity contribution < 1.29 is 19.1 Å². The summed E-state index contributed by atoms with van der Waals surface area (Å²) in [6, 6.07) is 24.5. The number of halogens is 1. The number of esters is 1. The van der Waals surface area contributed by atoms with Crippen LogP contribution in [0.1, 0.15) is 33.7 Å². The quantitative estimate of drug-likeness (QED) is 0.278. The number of rotatable bonds is 9. The number of para-hydroxylation sites is 1. The molecule has 0 radical (unpaired) electrons. The molecule has 2 N–H and O–H groups in total. The van der Waals surface area contributed by atoms with E-state index >= 15 is 0 Å². The van der Waals surface area contributed by atoms with Crippen molar-refractivity contribution in [2.45, 2.75) is 26.3 Å². The van der Waals surface area contributed by atoms with E-state index in [0.717, 1.165) is 16.8 Å². The average molecular weight is 503 g/mol. The molecule has 1 aromatic heterocycles. The van der Waals surface area contributed by atoms with Crippen LogP contribution in [0, 0.1) is 6.92 Å². The van der Waals surface area contributed by atoms with Crippen LogP contribution in [0.4, 0.5) is 0 Å². The lowest BCUT2D eigenvalue weighted by Crippen LogP contribution is -2.13. The zero-order valence-corrected chi connectivity index (χ0v) is 20.9. The van der Waals surface area contributed by atoms with Crippen LogP contribution in [-0.4, -0.2) is 23.6 Å². The summed E-state index contributed by atoms with van der Waals surface area (Å²) in [4.78, 5) is 24.8. The van der Waals surface area contributed by atoms with Gasteiger partial charge in [-0.1, -0.05) is 54.1 Å². The Hall–Kier alpha value is -4.03. The molecule has 0 fully saturated rings. The van der Waals surface area contributed by atoms with Gasteiger partial charge in [0, 0.05) is 28.5 Å². The van der Waals surface area contributed by atoms with Crippen LogP contribution >= 0.6 is 11.6 Å². The molecule has 0 spiro atoms. The zero-order chi connectivity index (χ0) is 25.7. The summed E-state index contributed by atoms with van der Waals surface area (Å²) in [5.74, 6) is 0.440. The average Bonchev–Trinajstić information content (AvgIpc) is 3.14. The molecule has 7 heteroatoms. The second kappa shape index (κ2) is 11.1. The van der Waals surface area contributed by atoms with Crippen molar-refractivity contribution in [3.63, 3.8) is 0 Å². The molecular formula is C29H27ClN2O4. The fraction of sp³-hybridized carbons (Fsp3) is 0.172. The molecule has 3 aromatic carbocycles. The molecule has 184 valence electrons. The van der Waals surface area contributed by atoms with Crippen molar-refractivity contribution in [2.75, 3.05) is 7.11 Å². The summed E-state index contributed by atoms with van der Waals surface area (Å²) in [5.41, 5.74) is 10.2. The highest BCUT2D eigenvalue weighted by Crippen LogP contribution is 2.36. The van der Waals surface area contributed by atoms with Gasteiger partial charge in [-0.3, -0.25) is 9.59 Å². The molecule has 4 aromatic rings. The predicted molar refractivity (Wildman–Crippen MR) is 141 cm³/mol. The topological polar surface area (TPSA) is 83.6 Å². The second-order valence-corrected chi connectivity index (χ2v) is 8.82. The normalized spacial score (nSPS) is 10.8. The number of carbonyl (C=O) groups is 2. The Labute approximate surface area is 215 Å². The lowest BCUT2D eigenvalue weighted by Gasteiger charge is -2.14. The fourth-order valence-corrected chi connectivity index (χ4v) is 4.58. The molecule has 1 heterocycles. The van der Waals surface area contributed by atoms with Crippen LogP contribution in [0.2, 0.25) is 5.02 Å². The Morgan fingerprint density at radius 3 is 2.36 bits per heavy atom. The molecule has 6 nitrogen and oxygen atoms in total. The smallest absolute Gasteiger partial charge is 0.305 e. The van der Waals surface area contributed by atoms with E-state index in [1.54, 1.807) is 0 Å². The molecule has 0 unspecified atom stereocenters. The molecule has 36 heavy (non-hydrogen) atoms. The number of hydrogen-bond donors (Lipinski definition) is 1. The maximum atomic E-state index is 12.7. The minimum absolute atomic E-state index is 0.154. The molecular weight excluding hydrogens is 476 g/mol. The number of ether oxygens (including phenoxy) is 2. The number of carbonyl (C=O) groups excluding carboxylic acids is 2. The van der Waals surface area contributed by atoms with Crippen LogP contribution in [0.3, 0.4) is 0 Å². The van der Waals surface area contributed by atoms with Crippen molar-refractivity contribution in [2.24, 2.45) is 5.73 Å². The molecule has 0 bridgehead atoms. The van der Waals surface area contributed by atoms with Crippen molar-refractivity contribution in [1.29, 1.82) is 0 Å². The molecule has 0 atom stereocenters. The van der Waals surface area contributed by atoms with Gasteiger partial charge < -0.3 is 19.8 Å². The third-order valence-electron chi connectivity index (χ3n) is 6.00. The minimum atomic E-state index is -0.541. The highest BCUT2D eigenvalue weighted by atomic mass is 35.5. The highest BCUT2D eigenvalue weighted by molar-refractivity contribution is 6.30. The third kappa shape index (κ3) is 5.61. The number of nitrogens with zero attached hydrogens (tertiary/aromatic N) is 1. The van der Waals surface area contributed by atoms with Gasteiger partial charge in [0.25, 0.3) is 5.91 Å². The van der Waals surface area contributed by atoms with Crippen molar-refractivity contribution >= 4 is 23.5 Å². The maximum absolute atomic E-state index is 12.7. The number of aromatic nitrogens is 1. The number of amides is 1. The first kappa shape index (κ1) is 25.1. The van der Waals surface area contributed by atoms with E-state index in [2.05, 4.69) is 0 Å². The molecule has 0 aliphatic rings. The summed E-state index contributed by atoms with van der Waals surface area (Å²) in [7, 11) is 1.36. The van der Waals surface area contributed by atoms with Gasteiger partial charge in [0.15, 0.2) is 0 Å². The second-order valence-electron chi connectivity index (χ2n) is 8.38. The van der Waals surface area contributed by atoms with Gasteiger partial charge >= 0.3 is 5.97 Å². The Kier molecular flexibility index (Phi) is 7.76. The van der Waals surface area contributed by atoms with E-state index in [4.69, 9.17) is 26.8 Å². The van der Waals surface area contributed by atoms with Crippen molar-refractivity contribution in [3.8, 4) is 22.6 Å². The number of benzene rings is 3. The van der Waals surface area contributed by atoms with Crippen LogP contribution in [-0.2, 0) is 22.5 Å². The summed E-state index contributed by atoms with van der Waals surface area (Å²) in [6.07, 6.45) is 0.515. The van der Waals surface area contributed by atoms with Gasteiger partial charge in [-0.25, -0.2) is 0 Å². The van der Waals surface area contributed by atoms with Crippen LogP contribution < -0.4 is 10.5 Å². The lowest BCUT2D eigenvalue weighted by atomic mass is 9.97. The van der Waals surface area contributed by atoms with Gasteiger partial charge in [0.1, 0.15) is 11.5 Å². The summed E-state index contributed by atoms with van der Waals surface area (Å²) < 4.78 is 12.9. The number of primary amides is 1. The Morgan fingerprint density at radius 1 is 0.944 bits per heavy atom. The fourth-order valence-electron chi connectivity index (χ4n) is 4.36.